The van der Waals surface area contributed by atoms with Gasteiger partial charge in [0.2, 0.25) is 11.8 Å². The van der Waals surface area contributed by atoms with E-state index < -0.39 is 5.92 Å². The number of carbonyl (C=O) groups is 3. The minimum atomic E-state index is -0.449. The molecule has 3 amide bonds. The highest BCUT2D eigenvalue weighted by atomic mass is 35.5. The average molecular weight is 416 g/mol. The number of anilines is 2. The topological polar surface area (TPSA) is 87.7 Å². The van der Waals surface area contributed by atoms with Crippen LogP contribution in [0.1, 0.15) is 13.3 Å². The molecule has 2 aromatic rings. The van der Waals surface area contributed by atoms with Gasteiger partial charge in [-0.1, -0.05) is 17.7 Å². The Hall–Kier alpha value is -3.06. The summed E-state index contributed by atoms with van der Waals surface area (Å²) in [5.41, 5.74) is 1.28. The standard InChI is InChI=1S/C21H22ClN3O4/c1-2-23-19(26)13-29-18-8-6-16(7-9-18)24-21(28)14-10-20(27)25(12-14)17-5-3-4-15(22)11-17/h3-9,11,14H,2,10,12-13H2,1H3,(H,23,26)(H,24,28). The fourth-order valence-corrected chi connectivity index (χ4v) is 3.24. The normalized spacial score (nSPS) is 15.9. The number of ether oxygens (including phenoxy) is 1. The summed E-state index contributed by atoms with van der Waals surface area (Å²) in [6, 6.07) is 13.7. The molecule has 1 atom stereocenters. The third-order valence-electron chi connectivity index (χ3n) is 4.48. The number of amides is 3. The lowest BCUT2D eigenvalue weighted by Gasteiger charge is -2.17. The van der Waals surface area contributed by atoms with E-state index >= 15 is 0 Å². The van der Waals surface area contributed by atoms with Crippen molar-refractivity contribution >= 4 is 40.7 Å². The summed E-state index contributed by atoms with van der Waals surface area (Å²) in [6.07, 6.45) is 0.145. The van der Waals surface area contributed by atoms with E-state index in [4.69, 9.17) is 16.3 Å². The van der Waals surface area contributed by atoms with Gasteiger partial charge < -0.3 is 20.3 Å². The van der Waals surface area contributed by atoms with E-state index in [1.165, 1.54) is 0 Å². The van der Waals surface area contributed by atoms with Crippen LogP contribution in [0.5, 0.6) is 5.75 Å². The van der Waals surface area contributed by atoms with Gasteiger partial charge in [-0.25, -0.2) is 0 Å². The molecule has 1 aliphatic heterocycles. The van der Waals surface area contributed by atoms with Crippen molar-refractivity contribution in [1.29, 1.82) is 0 Å². The molecule has 1 saturated heterocycles. The van der Waals surface area contributed by atoms with E-state index in [1.807, 2.05) is 6.92 Å². The lowest BCUT2D eigenvalue weighted by Crippen LogP contribution is -2.28. The second-order valence-corrected chi connectivity index (χ2v) is 7.08. The van der Waals surface area contributed by atoms with Gasteiger partial charge in [-0.05, 0) is 49.4 Å². The number of nitrogens with one attached hydrogen (secondary N) is 2. The van der Waals surface area contributed by atoms with E-state index in [-0.39, 0.29) is 30.7 Å². The SMILES string of the molecule is CCNC(=O)COc1ccc(NC(=O)C2CC(=O)N(c3cccc(Cl)c3)C2)cc1. The Balaban J connectivity index is 1.55. The molecule has 8 heteroatoms. The average Bonchev–Trinajstić information content (AvgIpc) is 3.09. The summed E-state index contributed by atoms with van der Waals surface area (Å²) in [7, 11) is 0. The molecule has 0 saturated carbocycles. The van der Waals surface area contributed by atoms with Gasteiger partial charge in [0.1, 0.15) is 5.75 Å². The van der Waals surface area contributed by atoms with Gasteiger partial charge in [0, 0.05) is 35.9 Å². The Morgan fingerprint density at radius 2 is 1.97 bits per heavy atom. The van der Waals surface area contributed by atoms with Crippen LogP contribution >= 0.6 is 11.6 Å². The van der Waals surface area contributed by atoms with E-state index in [0.29, 0.717) is 35.2 Å². The van der Waals surface area contributed by atoms with Gasteiger partial charge >= 0.3 is 0 Å². The molecule has 0 aromatic heterocycles. The van der Waals surface area contributed by atoms with E-state index in [9.17, 15) is 14.4 Å². The van der Waals surface area contributed by atoms with Gasteiger partial charge in [0.05, 0.1) is 5.92 Å². The van der Waals surface area contributed by atoms with Crippen LogP contribution in [0.3, 0.4) is 0 Å². The predicted octanol–water partition coefficient (Wildman–Crippen LogP) is 2.85. The van der Waals surface area contributed by atoms with Crippen molar-refractivity contribution in [3.63, 3.8) is 0 Å². The van der Waals surface area contributed by atoms with Crippen molar-refractivity contribution in [2.45, 2.75) is 13.3 Å². The first kappa shape index (κ1) is 20.7. The molecular formula is C21H22ClN3O4. The summed E-state index contributed by atoms with van der Waals surface area (Å²) in [5.74, 6) is -0.451. The van der Waals surface area contributed by atoms with Crippen LogP contribution in [-0.2, 0) is 14.4 Å². The minimum absolute atomic E-state index is 0.0664. The molecule has 1 aliphatic rings. The maximum absolute atomic E-state index is 12.6. The number of carbonyl (C=O) groups excluding carboxylic acids is 3. The van der Waals surface area contributed by atoms with Gasteiger partial charge in [-0.15, -0.1) is 0 Å². The van der Waals surface area contributed by atoms with Gasteiger partial charge in [0.15, 0.2) is 6.61 Å². The minimum Gasteiger partial charge on any atom is -0.484 e. The fourth-order valence-electron chi connectivity index (χ4n) is 3.05. The van der Waals surface area contributed by atoms with E-state index in [1.54, 1.807) is 53.4 Å². The van der Waals surface area contributed by atoms with Gasteiger partial charge in [-0.3, -0.25) is 14.4 Å². The number of hydrogen-bond donors (Lipinski definition) is 2. The second kappa shape index (κ2) is 9.43. The second-order valence-electron chi connectivity index (χ2n) is 6.64. The van der Waals surface area contributed by atoms with Crippen LogP contribution < -0.4 is 20.3 Å². The summed E-state index contributed by atoms with van der Waals surface area (Å²) in [6.45, 7) is 2.62. The molecule has 0 spiro atoms. The first-order valence-electron chi connectivity index (χ1n) is 9.32. The number of benzene rings is 2. The predicted molar refractivity (Wildman–Crippen MR) is 111 cm³/mol. The van der Waals surface area contributed by atoms with Crippen LogP contribution in [0.2, 0.25) is 5.02 Å². The number of likely N-dealkylation sites (N-methyl/N-ethyl adjacent to an activating group) is 1. The van der Waals surface area contributed by atoms with Crippen molar-refractivity contribution in [3.8, 4) is 5.75 Å². The summed E-state index contributed by atoms with van der Waals surface area (Å²) >= 11 is 6.00. The molecule has 1 heterocycles. The molecule has 0 aliphatic carbocycles. The van der Waals surface area contributed by atoms with Crippen LogP contribution in [0.25, 0.3) is 0 Å². The zero-order chi connectivity index (χ0) is 20.8. The lowest BCUT2D eigenvalue weighted by molar-refractivity contribution is -0.123. The zero-order valence-electron chi connectivity index (χ0n) is 16.0. The molecule has 0 radical (unpaired) electrons. The maximum Gasteiger partial charge on any atom is 0.257 e. The monoisotopic (exact) mass is 415 g/mol. The highest BCUT2D eigenvalue weighted by Gasteiger charge is 2.35. The molecule has 1 fully saturated rings. The number of nitrogens with zero attached hydrogens (tertiary/aromatic N) is 1. The van der Waals surface area contributed by atoms with Crippen LogP contribution in [-0.4, -0.2) is 37.4 Å². The van der Waals surface area contributed by atoms with E-state index in [2.05, 4.69) is 10.6 Å². The fraction of sp³-hybridized carbons (Fsp3) is 0.286. The summed E-state index contributed by atoms with van der Waals surface area (Å²) in [4.78, 5) is 37.9. The molecule has 0 bridgehead atoms. The molecule has 152 valence electrons. The third kappa shape index (κ3) is 5.48. The zero-order valence-corrected chi connectivity index (χ0v) is 16.7. The molecule has 2 N–H and O–H groups in total. The quantitative estimate of drug-likeness (QED) is 0.727. The Morgan fingerprint density at radius 1 is 1.21 bits per heavy atom. The Kier molecular flexibility index (Phi) is 6.72. The van der Waals surface area contributed by atoms with Crippen molar-refractivity contribution in [3.05, 3.63) is 53.6 Å². The molecular weight excluding hydrogens is 394 g/mol. The van der Waals surface area contributed by atoms with Crippen molar-refractivity contribution in [2.24, 2.45) is 5.92 Å². The molecule has 29 heavy (non-hydrogen) atoms. The first-order chi connectivity index (χ1) is 14.0. The molecule has 1 unspecified atom stereocenters. The highest BCUT2D eigenvalue weighted by Crippen LogP contribution is 2.28. The lowest BCUT2D eigenvalue weighted by atomic mass is 10.1. The molecule has 3 rings (SSSR count). The van der Waals surface area contributed by atoms with Crippen molar-refractivity contribution in [1.82, 2.24) is 5.32 Å². The van der Waals surface area contributed by atoms with Gasteiger partial charge in [0.25, 0.3) is 5.91 Å². The largest absolute Gasteiger partial charge is 0.484 e. The third-order valence-corrected chi connectivity index (χ3v) is 4.72. The summed E-state index contributed by atoms with van der Waals surface area (Å²) < 4.78 is 5.38. The maximum atomic E-state index is 12.6. The van der Waals surface area contributed by atoms with Crippen LogP contribution in [0, 0.1) is 5.92 Å². The Morgan fingerprint density at radius 3 is 2.66 bits per heavy atom. The van der Waals surface area contributed by atoms with Crippen molar-refractivity contribution < 1.29 is 19.1 Å². The van der Waals surface area contributed by atoms with Gasteiger partial charge in [-0.2, -0.15) is 0 Å². The number of halogens is 1. The number of rotatable bonds is 7. The Bertz CT molecular complexity index is 901. The smallest absolute Gasteiger partial charge is 0.257 e. The van der Waals surface area contributed by atoms with E-state index in [0.717, 1.165) is 0 Å². The van der Waals surface area contributed by atoms with Crippen molar-refractivity contribution in [2.75, 3.05) is 29.9 Å². The molecule has 7 nitrogen and oxygen atoms in total. The highest BCUT2D eigenvalue weighted by molar-refractivity contribution is 6.31. The summed E-state index contributed by atoms with van der Waals surface area (Å²) in [5, 5.41) is 6.01. The number of hydrogen-bond acceptors (Lipinski definition) is 4. The van der Waals surface area contributed by atoms with Crippen LogP contribution in [0.15, 0.2) is 48.5 Å². The first-order valence-corrected chi connectivity index (χ1v) is 9.70. The Labute approximate surface area is 174 Å². The molecule has 2 aromatic carbocycles. The van der Waals surface area contributed by atoms with Crippen LogP contribution in [0.4, 0.5) is 11.4 Å².